The summed E-state index contributed by atoms with van der Waals surface area (Å²) in [7, 11) is 0. The minimum absolute atomic E-state index is 0.622. The molecule has 374 valence electrons. The summed E-state index contributed by atoms with van der Waals surface area (Å²) in [5.41, 5.74) is 14.8. The van der Waals surface area contributed by atoms with E-state index in [1.54, 1.807) is 0 Å². The van der Waals surface area contributed by atoms with Crippen LogP contribution in [0.25, 0.3) is 64.4 Å². The van der Waals surface area contributed by atoms with Crippen molar-refractivity contribution in [2.45, 2.75) is 0 Å². The second-order valence-electron chi connectivity index (χ2n) is 19.7. The second-order valence-corrected chi connectivity index (χ2v) is 20.7. The Morgan fingerprint density at radius 2 is 0.759 bits per heavy atom. The summed E-state index contributed by atoms with van der Waals surface area (Å²) in [4.78, 5) is 6.93. The summed E-state index contributed by atoms with van der Waals surface area (Å²) in [5, 5.41) is 4.55. The average Bonchev–Trinajstić information content (AvgIpc) is 4.28. The molecule has 1 aliphatic rings. The van der Waals surface area contributed by atoms with E-state index in [2.05, 4.69) is 263 Å². The Hall–Kier alpha value is -10.3. The van der Waals surface area contributed by atoms with Gasteiger partial charge in [-0.3, -0.25) is 0 Å². The lowest BCUT2D eigenvalue weighted by molar-refractivity contribution is 0.360. The highest BCUT2D eigenvalue weighted by Gasteiger charge is 2.27. The average molecular weight is 1030 g/mol. The van der Waals surface area contributed by atoms with Crippen molar-refractivity contribution in [1.82, 2.24) is 0 Å². The van der Waals surface area contributed by atoms with E-state index in [-0.39, 0.29) is 0 Å². The molecule has 0 saturated carbocycles. The summed E-state index contributed by atoms with van der Waals surface area (Å²) in [5.74, 6) is 2.62. The number of thiophene rings is 1. The maximum atomic E-state index is 7.24. The molecule has 3 heterocycles. The van der Waals surface area contributed by atoms with E-state index in [9.17, 15) is 0 Å². The minimum atomic E-state index is 0.622. The van der Waals surface area contributed by atoms with Crippen LogP contribution in [0.4, 0.5) is 51.2 Å². The normalized spacial score (nSPS) is 11.7. The van der Waals surface area contributed by atoms with Crippen molar-refractivity contribution in [3.05, 3.63) is 285 Å². The van der Waals surface area contributed by atoms with Gasteiger partial charge in [0.15, 0.2) is 28.6 Å². The van der Waals surface area contributed by atoms with Gasteiger partial charge in [0, 0.05) is 65.7 Å². The maximum absolute atomic E-state index is 7.24. The van der Waals surface area contributed by atoms with Crippen LogP contribution in [0.3, 0.4) is 0 Å². The molecule has 0 bridgehead atoms. The van der Waals surface area contributed by atoms with Crippen LogP contribution >= 0.6 is 11.3 Å². The van der Waals surface area contributed by atoms with Crippen molar-refractivity contribution >= 4 is 105 Å². The van der Waals surface area contributed by atoms with Gasteiger partial charge in [0.1, 0.15) is 5.58 Å². The summed E-state index contributed by atoms with van der Waals surface area (Å²) >= 11 is 1.85. The van der Waals surface area contributed by atoms with Crippen LogP contribution in [0.5, 0.6) is 23.0 Å². The van der Waals surface area contributed by atoms with E-state index in [1.165, 1.54) is 31.3 Å². The molecule has 0 aliphatic carbocycles. The van der Waals surface area contributed by atoms with Crippen LogP contribution in [0.2, 0.25) is 0 Å². The lowest BCUT2D eigenvalue weighted by Crippen LogP contribution is -2.11. The fraction of sp³-hybridized carbons (Fsp3) is 0. The van der Waals surface area contributed by atoms with Crippen molar-refractivity contribution < 1.29 is 13.9 Å². The van der Waals surface area contributed by atoms with E-state index >= 15 is 0 Å². The van der Waals surface area contributed by atoms with Crippen molar-refractivity contribution in [2.24, 2.45) is 0 Å². The molecule has 0 unspecified atom stereocenters. The van der Waals surface area contributed by atoms with Crippen LogP contribution in [0.1, 0.15) is 0 Å². The van der Waals surface area contributed by atoms with Crippen LogP contribution in [-0.2, 0) is 0 Å². The summed E-state index contributed by atoms with van der Waals surface area (Å²) in [6.07, 6.45) is 0. The van der Waals surface area contributed by atoms with Gasteiger partial charge in [-0.15, -0.1) is 11.3 Å². The monoisotopic (exact) mass is 1030 g/mol. The van der Waals surface area contributed by atoms with Crippen molar-refractivity contribution in [2.75, 3.05) is 14.7 Å². The maximum Gasteiger partial charge on any atom is 0.172 e. The number of benzene rings is 12. The number of para-hydroxylation sites is 6. The van der Waals surface area contributed by atoms with Gasteiger partial charge >= 0.3 is 0 Å². The number of furan rings is 1. The quantitative estimate of drug-likeness (QED) is 0.129. The predicted molar refractivity (Wildman–Crippen MR) is 328 cm³/mol. The van der Waals surface area contributed by atoms with Gasteiger partial charge in [0.2, 0.25) is 0 Å². The van der Waals surface area contributed by atoms with Crippen LogP contribution in [0.15, 0.2) is 290 Å². The fourth-order valence-electron chi connectivity index (χ4n) is 11.2. The molecule has 7 heteroatoms. The molecule has 0 atom stereocenters. The molecule has 12 aromatic carbocycles. The Labute approximate surface area is 461 Å². The molecule has 1 aliphatic heterocycles. The smallest absolute Gasteiger partial charge is 0.172 e. The van der Waals surface area contributed by atoms with Gasteiger partial charge < -0.3 is 28.6 Å². The first-order valence-corrected chi connectivity index (χ1v) is 27.3. The van der Waals surface area contributed by atoms with Crippen LogP contribution < -0.4 is 24.2 Å². The molecule has 14 aromatic rings. The Bertz CT molecular complexity index is 4520. The Morgan fingerprint density at radius 1 is 0.266 bits per heavy atom. The molecule has 2 aromatic heterocycles. The number of hydrogen-bond donors (Lipinski definition) is 0. The zero-order valence-corrected chi connectivity index (χ0v) is 43.4. The highest BCUT2D eigenvalue weighted by molar-refractivity contribution is 7.25. The molecule has 6 nitrogen and oxygen atoms in total. The second kappa shape index (κ2) is 19.3. The fourth-order valence-corrected chi connectivity index (χ4v) is 12.3. The largest absolute Gasteiger partial charge is 0.454 e. The minimum Gasteiger partial charge on any atom is -0.454 e. The first-order valence-electron chi connectivity index (χ1n) is 26.5. The molecule has 0 radical (unpaired) electrons. The van der Waals surface area contributed by atoms with E-state index in [0.717, 1.165) is 84.3 Å². The predicted octanol–water partition coefficient (Wildman–Crippen LogP) is 21.6. The number of ether oxygens (including phenoxy) is 2. The molecule has 0 spiro atoms. The van der Waals surface area contributed by atoms with E-state index in [1.807, 2.05) is 47.7 Å². The highest BCUT2D eigenvalue weighted by Crippen LogP contribution is 2.52. The molecular weight excluding hydrogens is 987 g/mol. The SMILES string of the molecule is c1ccc(N(c2ccc(-c3ccc4sc5ccccc5c4c3)cc2)c2cccc(-c3cc(N(c4ccccc4)c4ccc5c(c4)Oc4ccccc4O5)c4oc5cccc(N(c6ccccc6)c6ccccc6)c5c4c3)c2)cc1. The number of anilines is 9. The molecule has 0 saturated heterocycles. The number of fused-ring (bicyclic) bond motifs is 8. The third-order valence-corrected chi connectivity index (χ3v) is 16.0. The van der Waals surface area contributed by atoms with Gasteiger partial charge in [-0.25, -0.2) is 0 Å². The van der Waals surface area contributed by atoms with Crippen molar-refractivity contribution in [1.29, 1.82) is 0 Å². The molecule has 79 heavy (non-hydrogen) atoms. The van der Waals surface area contributed by atoms with Crippen LogP contribution in [0, 0.1) is 0 Å². The van der Waals surface area contributed by atoms with Gasteiger partial charge in [0.05, 0.1) is 22.4 Å². The topological polar surface area (TPSA) is 41.3 Å². The van der Waals surface area contributed by atoms with Crippen molar-refractivity contribution in [3.8, 4) is 45.3 Å². The Morgan fingerprint density at radius 3 is 1.46 bits per heavy atom. The zero-order chi connectivity index (χ0) is 52.2. The summed E-state index contributed by atoms with van der Waals surface area (Å²) in [6, 6.07) is 100. The van der Waals surface area contributed by atoms with Gasteiger partial charge in [-0.05, 0) is 162 Å². The molecule has 0 N–H and O–H groups in total. The Balaban J connectivity index is 0.919. The Kier molecular flexibility index (Phi) is 11.3. The molecule has 15 rings (SSSR count). The first kappa shape index (κ1) is 46.0. The number of nitrogens with zero attached hydrogens (tertiary/aromatic N) is 3. The third-order valence-electron chi connectivity index (χ3n) is 14.8. The van der Waals surface area contributed by atoms with E-state index < -0.39 is 0 Å². The van der Waals surface area contributed by atoms with E-state index in [4.69, 9.17) is 13.9 Å². The number of hydrogen-bond acceptors (Lipinski definition) is 7. The summed E-state index contributed by atoms with van der Waals surface area (Å²) in [6.45, 7) is 0. The van der Waals surface area contributed by atoms with Crippen LogP contribution in [-0.4, -0.2) is 0 Å². The van der Waals surface area contributed by atoms with Gasteiger partial charge in [-0.1, -0.05) is 140 Å². The third kappa shape index (κ3) is 8.28. The lowest BCUT2D eigenvalue weighted by Gasteiger charge is -2.28. The first-order chi connectivity index (χ1) is 39.1. The lowest BCUT2D eigenvalue weighted by atomic mass is 9.98. The highest BCUT2D eigenvalue weighted by atomic mass is 32.1. The summed E-state index contributed by atoms with van der Waals surface area (Å²) < 4.78 is 22.8. The molecular formula is C72H47N3O3S. The van der Waals surface area contributed by atoms with Gasteiger partial charge in [-0.2, -0.15) is 0 Å². The van der Waals surface area contributed by atoms with E-state index in [0.29, 0.717) is 23.0 Å². The number of rotatable bonds is 11. The zero-order valence-electron chi connectivity index (χ0n) is 42.6. The van der Waals surface area contributed by atoms with Gasteiger partial charge in [0.25, 0.3) is 0 Å². The molecule has 0 fully saturated rings. The molecule has 0 amide bonds. The van der Waals surface area contributed by atoms with Crippen molar-refractivity contribution in [3.63, 3.8) is 0 Å². The standard InChI is InChI=1S/C72H47N3O3S/c1-5-20-52(21-6-1)73(56-38-35-48(36-39-56)50-37-42-70-60(44-50)59-29-13-16-34-69(59)79-70)57-28-17-19-49(43-57)51-45-61-71-62(74(53-22-7-2-8-23-53)54-24-9-3-10-25-54)30-18-33-67(71)78-72(61)63(46-51)75(55-26-11-4-12-27-55)58-40-41-66-68(47-58)77-65-32-15-14-31-64(65)76-66/h1-47H.